The maximum absolute atomic E-state index is 11.5. The molecule has 0 fully saturated rings. The molecule has 0 N–H and O–H groups in total. The number of carbonyl (C=O) groups is 2. The summed E-state index contributed by atoms with van der Waals surface area (Å²) < 4.78 is 10.0. The predicted octanol–water partition coefficient (Wildman–Crippen LogP) is 5.18. The van der Waals surface area contributed by atoms with E-state index in [1.165, 1.54) is 51.4 Å². The minimum Gasteiger partial charge on any atom is -0.466 e. The monoisotopic (exact) mass is 328 g/mol. The van der Waals surface area contributed by atoms with Crippen LogP contribution in [-0.4, -0.2) is 25.2 Å². The molecule has 0 amide bonds. The van der Waals surface area contributed by atoms with Crippen molar-refractivity contribution in [2.45, 2.75) is 97.3 Å². The van der Waals surface area contributed by atoms with Gasteiger partial charge in [0.05, 0.1) is 26.1 Å². The Morgan fingerprint density at radius 1 is 0.565 bits per heavy atom. The van der Waals surface area contributed by atoms with Gasteiger partial charge in [0.1, 0.15) is 0 Å². The molecule has 0 aromatic rings. The lowest BCUT2D eigenvalue weighted by molar-refractivity contribution is -0.150. The summed E-state index contributed by atoms with van der Waals surface area (Å²) in [7, 11) is 0. The zero-order valence-corrected chi connectivity index (χ0v) is 15.2. The highest BCUT2D eigenvalue weighted by Crippen LogP contribution is 2.10. The van der Waals surface area contributed by atoms with Crippen LogP contribution in [0.4, 0.5) is 0 Å². The van der Waals surface area contributed by atoms with Crippen LogP contribution in [-0.2, 0) is 19.1 Å². The molecule has 0 heterocycles. The van der Waals surface area contributed by atoms with Gasteiger partial charge in [-0.2, -0.15) is 0 Å². The van der Waals surface area contributed by atoms with Gasteiger partial charge in [-0.15, -0.1) is 0 Å². The SMILES string of the molecule is CCCCCCCCCCCCOC(=O)CCC(=O)OCCC. The van der Waals surface area contributed by atoms with Crippen molar-refractivity contribution in [3.8, 4) is 0 Å². The van der Waals surface area contributed by atoms with E-state index in [0.717, 1.165) is 19.3 Å². The summed E-state index contributed by atoms with van der Waals surface area (Å²) in [6, 6.07) is 0. The molecule has 0 radical (unpaired) electrons. The minimum atomic E-state index is -0.317. The van der Waals surface area contributed by atoms with Gasteiger partial charge in [-0.3, -0.25) is 9.59 Å². The highest BCUT2D eigenvalue weighted by Gasteiger charge is 2.08. The van der Waals surface area contributed by atoms with E-state index < -0.39 is 0 Å². The van der Waals surface area contributed by atoms with Crippen molar-refractivity contribution in [3.63, 3.8) is 0 Å². The zero-order valence-electron chi connectivity index (χ0n) is 15.2. The summed E-state index contributed by atoms with van der Waals surface area (Å²) in [5.41, 5.74) is 0. The molecule has 0 aliphatic rings. The Hall–Kier alpha value is -1.06. The summed E-state index contributed by atoms with van der Waals surface area (Å²) in [5.74, 6) is -0.614. The number of hydrogen-bond donors (Lipinski definition) is 0. The van der Waals surface area contributed by atoms with Crippen LogP contribution in [0.15, 0.2) is 0 Å². The molecular formula is C19H36O4. The number of ether oxygens (including phenoxy) is 2. The van der Waals surface area contributed by atoms with Gasteiger partial charge in [-0.1, -0.05) is 71.6 Å². The highest BCUT2D eigenvalue weighted by molar-refractivity contribution is 5.77. The van der Waals surface area contributed by atoms with Gasteiger partial charge in [-0.05, 0) is 12.8 Å². The molecule has 23 heavy (non-hydrogen) atoms. The van der Waals surface area contributed by atoms with Crippen LogP contribution >= 0.6 is 0 Å². The van der Waals surface area contributed by atoms with Gasteiger partial charge in [0.2, 0.25) is 0 Å². The van der Waals surface area contributed by atoms with Crippen molar-refractivity contribution >= 4 is 11.9 Å². The first kappa shape index (κ1) is 21.9. The Morgan fingerprint density at radius 3 is 1.48 bits per heavy atom. The molecular weight excluding hydrogens is 292 g/mol. The summed E-state index contributed by atoms with van der Waals surface area (Å²) in [4.78, 5) is 22.7. The third-order valence-corrected chi connectivity index (χ3v) is 3.76. The summed E-state index contributed by atoms with van der Waals surface area (Å²) in [6.45, 7) is 5.07. The first-order valence-electron chi connectivity index (χ1n) is 9.52. The van der Waals surface area contributed by atoms with Gasteiger partial charge in [-0.25, -0.2) is 0 Å². The van der Waals surface area contributed by atoms with E-state index in [1.807, 2.05) is 6.92 Å². The van der Waals surface area contributed by atoms with Crippen LogP contribution in [0.2, 0.25) is 0 Å². The number of esters is 2. The van der Waals surface area contributed by atoms with Gasteiger partial charge in [0.25, 0.3) is 0 Å². The van der Waals surface area contributed by atoms with Crippen LogP contribution in [0.3, 0.4) is 0 Å². The van der Waals surface area contributed by atoms with Gasteiger partial charge < -0.3 is 9.47 Å². The Balaban J connectivity index is 3.25. The maximum Gasteiger partial charge on any atom is 0.306 e. The van der Waals surface area contributed by atoms with Crippen LogP contribution in [0.25, 0.3) is 0 Å². The Bertz CT molecular complexity index is 289. The molecule has 0 saturated heterocycles. The lowest BCUT2D eigenvalue weighted by Gasteiger charge is -2.05. The van der Waals surface area contributed by atoms with Crippen LogP contribution < -0.4 is 0 Å². The third kappa shape index (κ3) is 17.1. The largest absolute Gasteiger partial charge is 0.466 e. The standard InChI is InChI=1S/C19H36O4/c1-3-5-6-7-8-9-10-11-12-13-17-23-19(21)15-14-18(20)22-16-4-2/h3-17H2,1-2H3. The molecule has 136 valence electrons. The fraction of sp³-hybridized carbons (Fsp3) is 0.895. The Morgan fingerprint density at radius 2 is 1.00 bits per heavy atom. The molecule has 0 rings (SSSR count). The number of unbranched alkanes of at least 4 members (excludes halogenated alkanes) is 9. The molecule has 0 bridgehead atoms. The van der Waals surface area contributed by atoms with Gasteiger partial charge in [0.15, 0.2) is 0 Å². The first-order chi connectivity index (χ1) is 11.2. The summed E-state index contributed by atoms with van der Waals surface area (Å²) in [5, 5.41) is 0. The van der Waals surface area contributed by atoms with Crippen LogP contribution in [0, 0.1) is 0 Å². The lowest BCUT2D eigenvalue weighted by Crippen LogP contribution is -2.11. The normalized spacial score (nSPS) is 10.5. The van der Waals surface area contributed by atoms with Crippen molar-refractivity contribution in [3.05, 3.63) is 0 Å². The number of rotatable bonds is 16. The van der Waals surface area contributed by atoms with E-state index in [0.29, 0.717) is 13.2 Å². The van der Waals surface area contributed by atoms with Gasteiger partial charge in [0, 0.05) is 0 Å². The number of carbonyl (C=O) groups excluding carboxylic acids is 2. The van der Waals surface area contributed by atoms with Crippen molar-refractivity contribution in [1.29, 1.82) is 0 Å². The van der Waals surface area contributed by atoms with Crippen molar-refractivity contribution in [2.75, 3.05) is 13.2 Å². The zero-order chi connectivity index (χ0) is 17.2. The fourth-order valence-corrected chi connectivity index (χ4v) is 2.34. The molecule has 4 nitrogen and oxygen atoms in total. The van der Waals surface area contributed by atoms with E-state index in [1.54, 1.807) is 0 Å². The smallest absolute Gasteiger partial charge is 0.306 e. The average molecular weight is 328 g/mol. The molecule has 0 unspecified atom stereocenters. The van der Waals surface area contributed by atoms with E-state index in [4.69, 9.17) is 9.47 Å². The second kappa shape index (κ2) is 17.3. The van der Waals surface area contributed by atoms with E-state index in [2.05, 4.69) is 6.92 Å². The Labute approximate surface area is 142 Å². The van der Waals surface area contributed by atoms with Crippen molar-refractivity contribution < 1.29 is 19.1 Å². The molecule has 0 atom stereocenters. The lowest BCUT2D eigenvalue weighted by atomic mass is 10.1. The molecule has 4 heteroatoms. The second-order valence-electron chi connectivity index (χ2n) is 6.12. The van der Waals surface area contributed by atoms with Crippen molar-refractivity contribution in [1.82, 2.24) is 0 Å². The minimum absolute atomic E-state index is 0.122. The molecule has 0 aromatic heterocycles. The van der Waals surface area contributed by atoms with Crippen molar-refractivity contribution in [2.24, 2.45) is 0 Å². The summed E-state index contributed by atoms with van der Waals surface area (Å²) >= 11 is 0. The predicted molar refractivity (Wildman–Crippen MR) is 93.3 cm³/mol. The average Bonchev–Trinajstić information content (AvgIpc) is 2.56. The van der Waals surface area contributed by atoms with Gasteiger partial charge >= 0.3 is 11.9 Å². The number of hydrogen-bond acceptors (Lipinski definition) is 4. The highest BCUT2D eigenvalue weighted by atomic mass is 16.5. The van der Waals surface area contributed by atoms with Crippen LogP contribution in [0.5, 0.6) is 0 Å². The molecule has 0 aliphatic carbocycles. The summed E-state index contributed by atoms with van der Waals surface area (Å²) in [6.07, 6.45) is 13.7. The Kier molecular flexibility index (Phi) is 16.5. The maximum atomic E-state index is 11.5. The molecule has 0 saturated carbocycles. The topological polar surface area (TPSA) is 52.6 Å². The first-order valence-corrected chi connectivity index (χ1v) is 9.52. The molecule has 0 spiro atoms. The van der Waals surface area contributed by atoms with E-state index in [-0.39, 0.29) is 24.8 Å². The third-order valence-electron chi connectivity index (χ3n) is 3.76. The second-order valence-corrected chi connectivity index (χ2v) is 6.12. The molecule has 0 aromatic carbocycles. The van der Waals surface area contributed by atoms with E-state index in [9.17, 15) is 9.59 Å². The quantitative estimate of drug-likeness (QED) is 0.289. The molecule has 0 aliphatic heterocycles. The fourth-order valence-electron chi connectivity index (χ4n) is 2.34. The van der Waals surface area contributed by atoms with Crippen LogP contribution in [0.1, 0.15) is 97.3 Å². The van der Waals surface area contributed by atoms with E-state index >= 15 is 0 Å².